The Morgan fingerprint density at radius 3 is 2.65 bits per heavy atom. The summed E-state index contributed by atoms with van der Waals surface area (Å²) < 4.78 is 19.5. The highest BCUT2D eigenvalue weighted by atomic mass is 32.2. The van der Waals surface area contributed by atoms with Crippen LogP contribution in [0.25, 0.3) is 0 Å². The molecule has 112 valence electrons. The summed E-state index contributed by atoms with van der Waals surface area (Å²) in [5.41, 5.74) is 7.06. The van der Waals surface area contributed by atoms with Crippen LogP contribution in [-0.2, 0) is 0 Å². The van der Waals surface area contributed by atoms with Gasteiger partial charge in [-0.05, 0) is 32.9 Å². The largest absolute Gasteiger partial charge is 0.488 e. The molecule has 2 rings (SSSR count). The quantitative estimate of drug-likeness (QED) is 0.782. The first kappa shape index (κ1) is 15.3. The molecule has 0 atom stereocenters. The van der Waals surface area contributed by atoms with Gasteiger partial charge in [0.05, 0.1) is 17.5 Å². The topological polar surface area (TPSA) is 47.3 Å². The highest BCUT2D eigenvalue weighted by Crippen LogP contribution is 2.43. The van der Waals surface area contributed by atoms with Crippen LogP contribution < -0.4 is 15.8 Å². The van der Waals surface area contributed by atoms with Gasteiger partial charge in [-0.2, -0.15) is 11.8 Å². The van der Waals surface area contributed by atoms with Crippen LogP contribution in [0.1, 0.15) is 33.1 Å². The number of hydrogen-bond donors (Lipinski definition) is 2. The van der Waals surface area contributed by atoms with Crippen molar-refractivity contribution in [2.24, 2.45) is 0 Å². The molecule has 1 saturated carbocycles. The first-order chi connectivity index (χ1) is 9.46. The molecule has 0 unspecified atom stereocenters. The van der Waals surface area contributed by atoms with Crippen LogP contribution in [0, 0.1) is 5.82 Å². The fourth-order valence-corrected chi connectivity index (χ4v) is 3.26. The SMILES string of the molecule is CSC1(CNc2cc(OC(C)C)c(F)cc2N)CCC1. The first-order valence-corrected chi connectivity index (χ1v) is 8.23. The zero-order valence-electron chi connectivity index (χ0n) is 12.3. The monoisotopic (exact) mass is 298 g/mol. The van der Waals surface area contributed by atoms with Crippen molar-refractivity contribution in [2.75, 3.05) is 23.9 Å². The van der Waals surface area contributed by atoms with Gasteiger partial charge in [0.15, 0.2) is 11.6 Å². The first-order valence-electron chi connectivity index (χ1n) is 7.00. The Labute approximate surface area is 124 Å². The Hall–Kier alpha value is -1.10. The third-order valence-electron chi connectivity index (χ3n) is 3.77. The molecule has 3 nitrogen and oxygen atoms in total. The molecular weight excluding hydrogens is 275 g/mol. The highest BCUT2D eigenvalue weighted by molar-refractivity contribution is 8.00. The van der Waals surface area contributed by atoms with Crippen LogP contribution in [0.2, 0.25) is 0 Å². The molecule has 1 aromatic rings. The van der Waals surface area contributed by atoms with Gasteiger partial charge in [0.1, 0.15) is 0 Å². The maximum absolute atomic E-state index is 13.8. The number of ether oxygens (including phenoxy) is 1. The molecular formula is C15H23FN2OS. The highest BCUT2D eigenvalue weighted by Gasteiger charge is 2.35. The van der Waals surface area contributed by atoms with Crippen LogP contribution in [0.15, 0.2) is 12.1 Å². The van der Waals surface area contributed by atoms with E-state index in [1.54, 1.807) is 6.07 Å². The van der Waals surface area contributed by atoms with Crippen LogP contribution >= 0.6 is 11.8 Å². The van der Waals surface area contributed by atoms with E-state index in [4.69, 9.17) is 10.5 Å². The van der Waals surface area contributed by atoms with Gasteiger partial charge in [0, 0.05) is 23.4 Å². The fraction of sp³-hybridized carbons (Fsp3) is 0.600. The number of halogens is 1. The summed E-state index contributed by atoms with van der Waals surface area (Å²) in [4.78, 5) is 0. The average Bonchev–Trinajstić information content (AvgIpc) is 2.33. The minimum Gasteiger partial charge on any atom is -0.488 e. The van der Waals surface area contributed by atoms with E-state index in [2.05, 4.69) is 11.6 Å². The van der Waals surface area contributed by atoms with Crippen molar-refractivity contribution in [3.63, 3.8) is 0 Å². The Bertz CT molecular complexity index is 470. The normalized spacial score (nSPS) is 16.9. The van der Waals surface area contributed by atoms with Crippen molar-refractivity contribution in [3.05, 3.63) is 17.9 Å². The second-order valence-corrected chi connectivity index (χ2v) is 6.91. The minimum atomic E-state index is -0.412. The number of rotatable bonds is 6. The molecule has 0 saturated heterocycles. The summed E-state index contributed by atoms with van der Waals surface area (Å²) in [6.45, 7) is 4.60. The van der Waals surface area contributed by atoms with Gasteiger partial charge in [0.2, 0.25) is 0 Å². The average molecular weight is 298 g/mol. The molecule has 0 bridgehead atoms. The molecule has 0 spiro atoms. The van der Waals surface area contributed by atoms with Crippen molar-refractivity contribution in [1.82, 2.24) is 0 Å². The van der Waals surface area contributed by atoms with E-state index in [1.807, 2.05) is 25.6 Å². The molecule has 1 aliphatic carbocycles. The molecule has 0 aliphatic heterocycles. The lowest BCUT2D eigenvalue weighted by Crippen LogP contribution is -2.40. The Morgan fingerprint density at radius 1 is 1.45 bits per heavy atom. The predicted molar refractivity (Wildman–Crippen MR) is 85.2 cm³/mol. The number of hydrogen-bond acceptors (Lipinski definition) is 4. The zero-order chi connectivity index (χ0) is 14.8. The predicted octanol–water partition coefficient (Wildman–Crippen LogP) is 3.89. The molecule has 0 aromatic heterocycles. The van der Waals surface area contributed by atoms with E-state index < -0.39 is 5.82 Å². The zero-order valence-corrected chi connectivity index (χ0v) is 13.1. The lowest BCUT2D eigenvalue weighted by molar-refractivity contribution is 0.231. The maximum Gasteiger partial charge on any atom is 0.167 e. The van der Waals surface area contributed by atoms with Crippen LogP contribution in [0.3, 0.4) is 0 Å². The van der Waals surface area contributed by atoms with E-state index in [1.165, 1.54) is 25.3 Å². The van der Waals surface area contributed by atoms with E-state index >= 15 is 0 Å². The van der Waals surface area contributed by atoms with Gasteiger partial charge in [0.25, 0.3) is 0 Å². The molecule has 0 radical (unpaired) electrons. The minimum absolute atomic E-state index is 0.0647. The van der Waals surface area contributed by atoms with Crippen molar-refractivity contribution in [1.29, 1.82) is 0 Å². The number of benzene rings is 1. The lowest BCUT2D eigenvalue weighted by Gasteiger charge is -2.40. The lowest BCUT2D eigenvalue weighted by atomic mass is 9.84. The molecule has 3 N–H and O–H groups in total. The van der Waals surface area contributed by atoms with Gasteiger partial charge < -0.3 is 15.8 Å². The van der Waals surface area contributed by atoms with Crippen LogP contribution in [0.4, 0.5) is 15.8 Å². The molecule has 20 heavy (non-hydrogen) atoms. The fourth-order valence-electron chi connectivity index (χ4n) is 2.35. The smallest absolute Gasteiger partial charge is 0.167 e. The van der Waals surface area contributed by atoms with E-state index in [0.29, 0.717) is 10.4 Å². The van der Waals surface area contributed by atoms with Gasteiger partial charge in [-0.25, -0.2) is 4.39 Å². The second-order valence-electron chi connectivity index (χ2n) is 5.63. The number of anilines is 2. The molecule has 0 heterocycles. The van der Waals surface area contributed by atoms with E-state index in [9.17, 15) is 4.39 Å². The standard InChI is InChI=1S/C15H23FN2OS/c1-10(2)19-14-8-13(12(17)7-11(14)16)18-9-15(20-3)5-4-6-15/h7-8,10,18H,4-6,9,17H2,1-3H3. The summed E-state index contributed by atoms with van der Waals surface area (Å²) in [5.74, 6) is -0.159. The van der Waals surface area contributed by atoms with E-state index in [-0.39, 0.29) is 11.9 Å². The number of nitrogens with one attached hydrogen (secondary N) is 1. The summed E-state index contributed by atoms with van der Waals surface area (Å²) in [6.07, 6.45) is 5.80. The van der Waals surface area contributed by atoms with Crippen LogP contribution in [0.5, 0.6) is 5.75 Å². The third-order valence-corrected chi connectivity index (χ3v) is 5.18. The summed E-state index contributed by atoms with van der Waals surface area (Å²) in [5, 5.41) is 3.35. The molecule has 0 amide bonds. The maximum atomic E-state index is 13.8. The van der Waals surface area contributed by atoms with Crippen LogP contribution in [-0.4, -0.2) is 23.7 Å². The summed E-state index contributed by atoms with van der Waals surface area (Å²) >= 11 is 1.89. The van der Waals surface area contributed by atoms with Crippen molar-refractivity contribution in [2.45, 2.75) is 44.0 Å². The molecule has 1 aromatic carbocycles. The van der Waals surface area contributed by atoms with Gasteiger partial charge in [-0.1, -0.05) is 6.42 Å². The summed E-state index contributed by atoms with van der Waals surface area (Å²) in [7, 11) is 0. The number of nitrogen functional groups attached to an aromatic ring is 1. The third kappa shape index (κ3) is 3.32. The van der Waals surface area contributed by atoms with E-state index in [0.717, 1.165) is 12.2 Å². The van der Waals surface area contributed by atoms with Gasteiger partial charge in [-0.15, -0.1) is 0 Å². The number of nitrogens with two attached hydrogens (primary N) is 1. The van der Waals surface area contributed by atoms with Gasteiger partial charge in [-0.3, -0.25) is 0 Å². The summed E-state index contributed by atoms with van der Waals surface area (Å²) in [6, 6.07) is 2.99. The molecule has 1 fully saturated rings. The van der Waals surface area contributed by atoms with Crippen molar-refractivity contribution in [3.8, 4) is 5.75 Å². The second kappa shape index (κ2) is 6.12. The Morgan fingerprint density at radius 2 is 2.15 bits per heavy atom. The Kier molecular flexibility index (Phi) is 4.68. The molecule has 5 heteroatoms. The Balaban J connectivity index is 2.10. The van der Waals surface area contributed by atoms with Crippen molar-refractivity contribution >= 4 is 23.1 Å². The molecule has 1 aliphatic rings. The van der Waals surface area contributed by atoms with Gasteiger partial charge >= 0.3 is 0 Å². The van der Waals surface area contributed by atoms with Crippen molar-refractivity contribution < 1.29 is 9.13 Å². The number of thioether (sulfide) groups is 1.